The fourth-order valence-electron chi connectivity index (χ4n) is 5.03. The number of nitrogens with one attached hydrogen (secondary N) is 2. The summed E-state index contributed by atoms with van der Waals surface area (Å²) in [6.07, 6.45) is 6.33. The fraction of sp³-hybridized carbons (Fsp3) is 0.300. The van der Waals surface area contributed by atoms with Gasteiger partial charge in [-0.05, 0) is 67.3 Å². The highest BCUT2D eigenvalue weighted by Gasteiger charge is 2.36. The van der Waals surface area contributed by atoms with E-state index in [1.807, 2.05) is 48.5 Å². The molecule has 0 bridgehead atoms. The number of esters is 1. The molecule has 6 heteroatoms. The van der Waals surface area contributed by atoms with Gasteiger partial charge in [-0.25, -0.2) is 4.79 Å². The molecule has 1 amide bonds. The molecule has 1 aliphatic heterocycles. The van der Waals surface area contributed by atoms with E-state index in [1.54, 1.807) is 19.1 Å². The van der Waals surface area contributed by atoms with Crippen LogP contribution in [0.2, 0.25) is 0 Å². The molecule has 3 aromatic rings. The Morgan fingerprint density at radius 1 is 0.972 bits per heavy atom. The highest BCUT2D eigenvalue weighted by molar-refractivity contribution is 6.24. The molecule has 5 rings (SSSR count). The first-order chi connectivity index (χ1) is 17.6. The number of benzene rings is 3. The van der Waals surface area contributed by atoms with Crippen LogP contribution in [0.1, 0.15) is 66.4 Å². The Hall–Kier alpha value is -3.93. The molecule has 36 heavy (non-hydrogen) atoms. The molecule has 0 saturated heterocycles. The van der Waals surface area contributed by atoms with Gasteiger partial charge in [0.1, 0.15) is 5.92 Å². The van der Waals surface area contributed by atoms with Gasteiger partial charge in [-0.15, -0.1) is 0 Å². The molecule has 1 atom stereocenters. The van der Waals surface area contributed by atoms with E-state index >= 15 is 0 Å². The highest BCUT2D eigenvalue weighted by atomic mass is 16.5. The number of rotatable bonds is 7. The minimum Gasteiger partial charge on any atom is -0.462 e. The third kappa shape index (κ3) is 5.18. The summed E-state index contributed by atoms with van der Waals surface area (Å²) in [5, 5.41) is 6.58. The Bertz CT molecular complexity index is 1260. The van der Waals surface area contributed by atoms with Gasteiger partial charge in [-0.3, -0.25) is 9.79 Å². The number of aliphatic imine (C=N–C) groups is 1. The summed E-state index contributed by atoms with van der Waals surface area (Å²) >= 11 is 0. The SMILES string of the molecule is CCOC(=O)c1ccc2c(c1)NC(=O)C2C(=Nc1ccc(NC2CCCCC2)cc1)c1ccccc1. The molecule has 0 radical (unpaired) electrons. The zero-order valence-electron chi connectivity index (χ0n) is 20.5. The second-order valence-electron chi connectivity index (χ2n) is 9.33. The Morgan fingerprint density at radius 2 is 1.72 bits per heavy atom. The molecule has 6 nitrogen and oxygen atoms in total. The van der Waals surface area contributed by atoms with Crippen molar-refractivity contribution in [2.45, 2.75) is 51.0 Å². The zero-order chi connectivity index (χ0) is 24.9. The van der Waals surface area contributed by atoms with Crippen molar-refractivity contribution in [2.24, 2.45) is 4.99 Å². The molecule has 1 aliphatic carbocycles. The number of hydrogen-bond donors (Lipinski definition) is 2. The number of ether oxygens (including phenoxy) is 1. The lowest BCUT2D eigenvalue weighted by molar-refractivity contribution is -0.115. The van der Waals surface area contributed by atoms with E-state index < -0.39 is 11.9 Å². The van der Waals surface area contributed by atoms with E-state index in [2.05, 4.69) is 22.8 Å². The predicted molar refractivity (Wildman–Crippen MR) is 143 cm³/mol. The smallest absolute Gasteiger partial charge is 0.338 e. The van der Waals surface area contributed by atoms with Crippen LogP contribution in [0.25, 0.3) is 0 Å². The van der Waals surface area contributed by atoms with Crippen molar-refractivity contribution in [3.8, 4) is 0 Å². The number of hydrogen-bond acceptors (Lipinski definition) is 5. The summed E-state index contributed by atoms with van der Waals surface area (Å²) in [5.41, 5.74) is 5.26. The standard InChI is InChI=1S/C30H31N3O3/c1-2-36-30(35)21-13-18-25-26(19-21)33-29(34)27(25)28(20-9-5-3-6-10-20)32-24-16-14-23(15-17-24)31-22-11-7-4-8-12-22/h3,5-6,9-10,13-19,22,27,31H,2,4,7-8,11-12H2,1H3,(H,33,34). The molecule has 1 unspecified atom stereocenters. The minimum atomic E-state index is -0.585. The van der Waals surface area contributed by atoms with Gasteiger partial charge in [0.2, 0.25) is 5.91 Å². The van der Waals surface area contributed by atoms with Crippen molar-refractivity contribution in [3.05, 3.63) is 89.5 Å². The largest absolute Gasteiger partial charge is 0.462 e. The van der Waals surface area contributed by atoms with Crippen LogP contribution in [-0.4, -0.2) is 30.2 Å². The van der Waals surface area contributed by atoms with E-state index in [0.717, 1.165) is 22.5 Å². The number of anilines is 2. The lowest BCUT2D eigenvalue weighted by Crippen LogP contribution is -2.22. The average molecular weight is 482 g/mol. The van der Waals surface area contributed by atoms with Crippen molar-refractivity contribution in [1.82, 2.24) is 0 Å². The van der Waals surface area contributed by atoms with Crippen LogP contribution in [0.5, 0.6) is 0 Å². The second kappa shape index (κ2) is 10.8. The van der Waals surface area contributed by atoms with E-state index in [1.165, 1.54) is 32.1 Å². The second-order valence-corrected chi connectivity index (χ2v) is 9.33. The van der Waals surface area contributed by atoms with Gasteiger partial charge in [-0.2, -0.15) is 0 Å². The molecule has 1 saturated carbocycles. The summed E-state index contributed by atoms with van der Waals surface area (Å²) in [5.74, 6) is -1.15. The molecular formula is C30H31N3O3. The van der Waals surface area contributed by atoms with Crippen LogP contribution < -0.4 is 10.6 Å². The molecule has 184 valence electrons. The van der Waals surface area contributed by atoms with Crippen LogP contribution in [0.3, 0.4) is 0 Å². The van der Waals surface area contributed by atoms with Gasteiger partial charge in [0.15, 0.2) is 0 Å². The first kappa shape index (κ1) is 23.8. The third-order valence-corrected chi connectivity index (χ3v) is 6.83. The summed E-state index contributed by atoms with van der Waals surface area (Å²) in [6.45, 7) is 2.06. The molecule has 1 heterocycles. The van der Waals surface area contributed by atoms with Crippen LogP contribution in [0.15, 0.2) is 77.8 Å². The molecule has 3 aromatic carbocycles. The lowest BCUT2D eigenvalue weighted by Gasteiger charge is -2.23. The van der Waals surface area contributed by atoms with Gasteiger partial charge >= 0.3 is 5.97 Å². The maximum absolute atomic E-state index is 13.2. The Labute approximate surface area is 211 Å². The molecule has 2 N–H and O–H groups in total. The van der Waals surface area contributed by atoms with Crippen molar-refractivity contribution < 1.29 is 14.3 Å². The normalized spacial score (nSPS) is 17.9. The first-order valence-corrected chi connectivity index (χ1v) is 12.7. The lowest BCUT2D eigenvalue weighted by atomic mass is 9.90. The quantitative estimate of drug-likeness (QED) is 0.300. The molecule has 1 fully saturated rings. The van der Waals surface area contributed by atoms with E-state index in [-0.39, 0.29) is 5.91 Å². The first-order valence-electron chi connectivity index (χ1n) is 12.7. The summed E-state index contributed by atoms with van der Waals surface area (Å²) in [6, 6.07) is 23.6. The van der Waals surface area contributed by atoms with Gasteiger partial charge in [0, 0.05) is 17.4 Å². The van der Waals surface area contributed by atoms with Crippen molar-refractivity contribution in [2.75, 3.05) is 17.2 Å². The van der Waals surface area contributed by atoms with Crippen LogP contribution in [0.4, 0.5) is 17.1 Å². The summed E-state index contributed by atoms with van der Waals surface area (Å²) in [4.78, 5) is 30.4. The van der Waals surface area contributed by atoms with Crippen LogP contribution in [0, 0.1) is 0 Å². The molecule has 0 aromatic heterocycles. The number of amides is 1. The summed E-state index contributed by atoms with van der Waals surface area (Å²) in [7, 11) is 0. The third-order valence-electron chi connectivity index (χ3n) is 6.83. The number of carbonyl (C=O) groups excluding carboxylic acids is 2. The molecule has 2 aliphatic rings. The van der Waals surface area contributed by atoms with Crippen molar-refractivity contribution in [1.29, 1.82) is 0 Å². The summed E-state index contributed by atoms with van der Waals surface area (Å²) < 4.78 is 5.11. The Morgan fingerprint density at radius 3 is 2.44 bits per heavy atom. The Kier molecular flexibility index (Phi) is 7.12. The molecule has 0 spiro atoms. The van der Waals surface area contributed by atoms with Crippen molar-refractivity contribution >= 4 is 34.7 Å². The van der Waals surface area contributed by atoms with Gasteiger partial charge in [0.25, 0.3) is 0 Å². The van der Waals surface area contributed by atoms with E-state index in [9.17, 15) is 9.59 Å². The van der Waals surface area contributed by atoms with Gasteiger partial charge < -0.3 is 15.4 Å². The van der Waals surface area contributed by atoms with Crippen LogP contribution in [-0.2, 0) is 9.53 Å². The van der Waals surface area contributed by atoms with Gasteiger partial charge in [-0.1, -0.05) is 55.7 Å². The zero-order valence-corrected chi connectivity index (χ0v) is 20.5. The van der Waals surface area contributed by atoms with Crippen molar-refractivity contribution in [3.63, 3.8) is 0 Å². The highest BCUT2D eigenvalue weighted by Crippen LogP contribution is 2.37. The maximum Gasteiger partial charge on any atom is 0.338 e. The Balaban J connectivity index is 1.46. The monoisotopic (exact) mass is 481 g/mol. The minimum absolute atomic E-state index is 0.163. The van der Waals surface area contributed by atoms with Gasteiger partial charge in [0.05, 0.1) is 23.6 Å². The van der Waals surface area contributed by atoms with Crippen LogP contribution >= 0.6 is 0 Å². The van der Waals surface area contributed by atoms with E-state index in [4.69, 9.17) is 9.73 Å². The number of nitrogens with zero attached hydrogens (tertiary/aromatic N) is 1. The molecular weight excluding hydrogens is 450 g/mol. The fourth-order valence-corrected chi connectivity index (χ4v) is 5.03. The topological polar surface area (TPSA) is 79.8 Å². The van der Waals surface area contributed by atoms with E-state index in [0.29, 0.717) is 29.6 Å². The average Bonchev–Trinajstić information content (AvgIpc) is 3.24. The number of fused-ring (bicyclic) bond motifs is 1. The predicted octanol–water partition coefficient (Wildman–Crippen LogP) is 6.46. The number of carbonyl (C=O) groups is 2. The maximum atomic E-state index is 13.2.